The Balaban J connectivity index is 3.34. The summed E-state index contributed by atoms with van der Waals surface area (Å²) in [4.78, 5) is 0.213. The largest absolute Gasteiger partial charge is 0.493 e. The molecule has 0 radical (unpaired) electrons. The first-order chi connectivity index (χ1) is 7.99. The fourth-order valence-electron chi connectivity index (χ4n) is 1.32. The van der Waals surface area contributed by atoms with E-state index in [9.17, 15) is 0 Å². The number of benzene rings is 1. The lowest BCUT2D eigenvalue weighted by Gasteiger charge is -2.14. The van der Waals surface area contributed by atoms with Crippen molar-refractivity contribution in [3.05, 3.63) is 17.7 Å². The number of thiocarbonyl (C=S) groups is 2. The van der Waals surface area contributed by atoms with Crippen molar-refractivity contribution >= 4 is 40.2 Å². The second kappa shape index (κ2) is 5.65. The van der Waals surface area contributed by atoms with Crippen LogP contribution in [0.4, 0.5) is 5.69 Å². The molecule has 5 N–H and O–H groups in total. The molecule has 0 unspecified atom stereocenters. The molecule has 0 amide bonds. The van der Waals surface area contributed by atoms with E-state index in [1.807, 2.05) is 0 Å². The van der Waals surface area contributed by atoms with Gasteiger partial charge in [-0.05, 0) is 18.3 Å². The normalized spacial score (nSPS) is 9.53. The number of ether oxygens (including phenoxy) is 2. The van der Waals surface area contributed by atoms with Crippen LogP contribution in [0.25, 0.3) is 0 Å². The van der Waals surface area contributed by atoms with Gasteiger partial charge in [-0.25, -0.2) is 0 Å². The molecule has 1 aromatic carbocycles. The molecule has 0 aliphatic rings. The van der Waals surface area contributed by atoms with Gasteiger partial charge in [0.25, 0.3) is 0 Å². The molecule has 92 valence electrons. The zero-order valence-corrected chi connectivity index (χ0v) is 11.1. The van der Waals surface area contributed by atoms with Crippen molar-refractivity contribution in [3.8, 4) is 11.5 Å². The van der Waals surface area contributed by atoms with E-state index in [4.69, 9.17) is 45.4 Å². The molecule has 0 spiro atoms. The maximum atomic E-state index is 5.62. The molecule has 0 aliphatic heterocycles. The van der Waals surface area contributed by atoms with Crippen molar-refractivity contribution in [1.82, 2.24) is 0 Å². The summed E-state index contributed by atoms with van der Waals surface area (Å²) in [6.45, 7) is 0. The van der Waals surface area contributed by atoms with Gasteiger partial charge in [-0.3, -0.25) is 0 Å². The predicted molar refractivity (Wildman–Crippen MR) is 75.8 cm³/mol. The summed E-state index contributed by atoms with van der Waals surface area (Å²) in [5.41, 5.74) is 12.2. The van der Waals surface area contributed by atoms with Gasteiger partial charge in [0, 0.05) is 11.6 Å². The Bertz CT molecular complexity index is 463. The smallest absolute Gasteiger partial charge is 0.168 e. The maximum absolute atomic E-state index is 5.62. The van der Waals surface area contributed by atoms with E-state index in [1.165, 1.54) is 14.2 Å². The summed E-state index contributed by atoms with van der Waals surface area (Å²) in [6, 6.07) is 3.34. The van der Waals surface area contributed by atoms with Crippen molar-refractivity contribution < 1.29 is 9.47 Å². The molecule has 0 bridgehead atoms. The van der Waals surface area contributed by atoms with E-state index >= 15 is 0 Å². The van der Waals surface area contributed by atoms with Crippen LogP contribution in [0, 0.1) is 0 Å². The third kappa shape index (κ3) is 3.18. The zero-order chi connectivity index (χ0) is 13.0. The number of anilines is 1. The van der Waals surface area contributed by atoms with Gasteiger partial charge < -0.3 is 26.3 Å². The number of rotatable bonds is 4. The number of hydrogen-bond donors (Lipinski definition) is 3. The van der Waals surface area contributed by atoms with Crippen LogP contribution >= 0.6 is 24.4 Å². The van der Waals surface area contributed by atoms with Crippen LogP contribution in [0.3, 0.4) is 0 Å². The van der Waals surface area contributed by atoms with Gasteiger partial charge in [-0.2, -0.15) is 0 Å². The highest BCUT2D eigenvalue weighted by atomic mass is 32.1. The average Bonchev–Trinajstić information content (AvgIpc) is 2.27. The summed E-state index contributed by atoms with van der Waals surface area (Å²) in [7, 11) is 3.06. The Labute approximate surface area is 110 Å². The van der Waals surface area contributed by atoms with Crippen LogP contribution in [0.15, 0.2) is 12.1 Å². The average molecular weight is 271 g/mol. The summed E-state index contributed by atoms with van der Waals surface area (Å²) in [5, 5.41) is 2.91. The summed E-state index contributed by atoms with van der Waals surface area (Å²) in [6.07, 6.45) is 0. The summed E-state index contributed by atoms with van der Waals surface area (Å²) < 4.78 is 10.3. The van der Waals surface area contributed by atoms with Gasteiger partial charge in [0.1, 0.15) is 4.99 Å². The van der Waals surface area contributed by atoms with E-state index in [0.717, 1.165) is 0 Å². The Hall–Kier alpha value is -1.60. The minimum absolute atomic E-state index is 0.120. The lowest BCUT2D eigenvalue weighted by Crippen LogP contribution is -2.22. The molecule has 0 saturated heterocycles. The second-order valence-electron chi connectivity index (χ2n) is 3.11. The van der Waals surface area contributed by atoms with Crippen LogP contribution in [0.1, 0.15) is 5.56 Å². The topological polar surface area (TPSA) is 82.5 Å². The van der Waals surface area contributed by atoms with E-state index in [-0.39, 0.29) is 10.1 Å². The fraction of sp³-hybridized carbons (Fsp3) is 0.200. The Morgan fingerprint density at radius 3 is 2.06 bits per heavy atom. The Morgan fingerprint density at radius 1 is 1.12 bits per heavy atom. The molecule has 1 aromatic rings. The number of nitrogens with two attached hydrogens (primary N) is 2. The minimum atomic E-state index is 0.120. The van der Waals surface area contributed by atoms with Gasteiger partial charge in [0.2, 0.25) is 0 Å². The highest BCUT2D eigenvalue weighted by Crippen LogP contribution is 2.33. The van der Waals surface area contributed by atoms with Crippen molar-refractivity contribution in [2.45, 2.75) is 0 Å². The fourth-order valence-corrected chi connectivity index (χ4v) is 1.60. The van der Waals surface area contributed by atoms with Gasteiger partial charge in [0.05, 0.1) is 19.9 Å². The van der Waals surface area contributed by atoms with Crippen molar-refractivity contribution in [2.75, 3.05) is 19.5 Å². The Morgan fingerprint density at radius 2 is 1.65 bits per heavy atom. The number of nitrogens with one attached hydrogen (secondary N) is 1. The van der Waals surface area contributed by atoms with Gasteiger partial charge >= 0.3 is 0 Å². The molecule has 0 atom stereocenters. The van der Waals surface area contributed by atoms with E-state index in [0.29, 0.717) is 22.7 Å². The molecular formula is C10H13N3O2S2. The van der Waals surface area contributed by atoms with E-state index in [2.05, 4.69) is 5.32 Å². The molecule has 1 rings (SSSR count). The first-order valence-corrected chi connectivity index (χ1v) is 5.43. The van der Waals surface area contributed by atoms with Crippen LogP contribution in [0.2, 0.25) is 0 Å². The van der Waals surface area contributed by atoms with Crippen LogP contribution in [0.5, 0.6) is 11.5 Å². The molecule has 0 saturated carbocycles. The highest BCUT2D eigenvalue weighted by Gasteiger charge is 2.13. The maximum Gasteiger partial charge on any atom is 0.168 e. The quantitative estimate of drug-likeness (QED) is 0.704. The molecule has 7 heteroatoms. The van der Waals surface area contributed by atoms with Crippen molar-refractivity contribution in [1.29, 1.82) is 0 Å². The standard InChI is InChI=1S/C10H13N3O2S2/c1-14-7-3-5(9(11)16)6(13-10(12)17)4-8(7)15-2/h3-4H,1-2H3,(H2,11,16)(H3,12,13,17). The van der Waals surface area contributed by atoms with Gasteiger partial charge in [-0.1, -0.05) is 12.2 Å². The number of methoxy groups -OCH3 is 2. The Kier molecular flexibility index (Phi) is 4.47. The lowest BCUT2D eigenvalue weighted by atomic mass is 10.1. The summed E-state index contributed by atoms with van der Waals surface area (Å²) in [5.74, 6) is 1.06. The first-order valence-electron chi connectivity index (χ1n) is 4.62. The minimum Gasteiger partial charge on any atom is -0.493 e. The molecule has 0 heterocycles. The third-order valence-electron chi connectivity index (χ3n) is 2.05. The van der Waals surface area contributed by atoms with Gasteiger partial charge in [0.15, 0.2) is 16.6 Å². The molecule has 0 fully saturated rings. The van der Waals surface area contributed by atoms with E-state index < -0.39 is 0 Å². The SMILES string of the molecule is COc1cc(NC(N)=S)c(C(N)=S)cc1OC. The van der Waals surface area contributed by atoms with Crippen molar-refractivity contribution in [3.63, 3.8) is 0 Å². The zero-order valence-electron chi connectivity index (χ0n) is 9.44. The van der Waals surface area contributed by atoms with E-state index in [1.54, 1.807) is 12.1 Å². The van der Waals surface area contributed by atoms with Gasteiger partial charge in [-0.15, -0.1) is 0 Å². The molecule has 5 nitrogen and oxygen atoms in total. The van der Waals surface area contributed by atoms with Crippen LogP contribution < -0.4 is 26.3 Å². The summed E-state index contributed by atoms with van der Waals surface area (Å²) >= 11 is 9.72. The molecule has 0 aromatic heterocycles. The highest BCUT2D eigenvalue weighted by molar-refractivity contribution is 7.81. The predicted octanol–water partition coefficient (Wildman–Crippen LogP) is 0.994. The monoisotopic (exact) mass is 271 g/mol. The second-order valence-corrected chi connectivity index (χ2v) is 3.99. The first kappa shape index (κ1) is 13.5. The van der Waals surface area contributed by atoms with Crippen molar-refractivity contribution in [2.24, 2.45) is 11.5 Å². The molecule has 17 heavy (non-hydrogen) atoms. The molecule has 0 aliphatic carbocycles. The molecular weight excluding hydrogens is 258 g/mol. The van der Waals surface area contributed by atoms with Crippen LogP contribution in [-0.4, -0.2) is 24.3 Å². The lowest BCUT2D eigenvalue weighted by molar-refractivity contribution is 0.355. The third-order valence-corrected chi connectivity index (χ3v) is 2.37. The van der Waals surface area contributed by atoms with Crippen LogP contribution in [-0.2, 0) is 0 Å². The number of hydrogen-bond acceptors (Lipinski definition) is 4.